The molecular weight excluding hydrogens is 287 g/mol. The lowest BCUT2D eigenvalue weighted by Crippen LogP contribution is -2.15. The molecule has 0 aliphatic carbocycles. The van der Waals surface area contributed by atoms with Crippen LogP contribution in [0, 0.1) is 5.82 Å². The summed E-state index contributed by atoms with van der Waals surface area (Å²) in [5.74, 6) is -0.0377. The molecule has 0 saturated carbocycles. The van der Waals surface area contributed by atoms with Crippen LogP contribution in [0.3, 0.4) is 0 Å². The Morgan fingerprint density at radius 3 is 1.83 bits per heavy atom. The van der Waals surface area contributed by atoms with Crippen LogP contribution in [-0.2, 0) is 11.0 Å². The lowest BCUT2D eigenvalue weighted by molar-refractivity contribution is 0.0786. The minimum atomic E-state index is -0.845. The van der Waals surface area contributed by atoms with Gasteiger partial charge in [-0.25, -0.2) is 4.39 Å². The van der Waals surface area contributed by atoms with Gasteiger partial charge in [0.1, 0.15) is 5.82 Å². The van der Waals surface area contributed by atoms with E-state index in [9.17, 15) is 9.50 Å². The molecule has 1 atom stereocenters. The van der Waals surface area contributed by atoms with Gasteiger partial charge in [0.05, 0.1) is 5.60 Å². The van der Waals surface area contributed by atoms with Crippen molar-refractivity contribution in [2.75, 3.05) is 0 Å². The molecule has 0 radical (unpaired) electrons. The molecule has 1 nitrogen and oxygen atoms in total. The van der Waals surface area contributed by atoms with E-state index in [-0.39, 0.29) is 17.2 Å². The summed E-state index contributed by atoms with van der Waals surface area (Å²) in [5.41, 5.74) is 2.66. The van der Waals surface area contributed by atoms with Gasteiger partial charge in [-0.3, -0.25) is 0 Å². The Morgan fingerprint density at radius 2 is 1.39 bits per heavy atom. The van der Waals surface area contributed by atoms with Crippen molar-refractivity contribution in [1.82, 2.24) is 0 Å². The average molecular weight is 314 g/mol. The van der Waals surface area contributed by atoms with Gasteiger partial charge in [0, 0.05) is 5.92 Å². The smallest absolute Gasteiger partial charge is 0.127 e. The molecule has 2 rings (SSSR count). The second-order valence-corrected chi connectivity index (χ2v) is 7.89. The predicted octanol–water partition coefficient (Wildman–Crippen LogP) is 5.50. The molecule has 2 aromatic carbocycles. The molecule has 0 spiro atoms. The largest absolute Gasteiger partial charge is 0.386 e. The first-order chi connectivity index (χ1) is 10.5. The van der Waals surface area contributed by atoms with E-state index in [1.807, 2.05) is 57.2 Å². The lowest BCUT2D eigenvalue weighted by Gasteiger charge is -2.22. The number of benzene rings is 2. The molecule has 1 unspecified atom stereocenters. The molecule has 1 N–H and O–H groups in total. The van der Waals surface area contributed by atoms with Crippen molar-refractivity contribution in [3.8, 4) is 0 Å². The maximum atomic E-state index is 14.4. The van der Waals surface area contributed by atoms with Crippen LogP contribution >= 0.6 is 0 Å². The van der Waals surface area contributed by atoms with Crippen molar-refractivity contribution < 1.29 is 9.50 Å². The van der Waals surface area contributed by atoms with Gasteiger partial charge in [-0.1, -0.05) is 64.1 Å². The van der Waals surface area contributed by atoms with Crippen LogP contribution in [0.2, 0.25) is 0 Å². The number of aliphatic hydroxyl groups is 1. The fourth-order valence-corrected chi connectivity index (χ4v) is 2.78. The highest BCUT2D eigenvalue weighted by Crippen LogP contribution is 2.31. The molecule has 2 aromatic rings. The summed E-state index contributed by atoms with van der Waals surface area (Å²) in [5, 5.41) is 10.0. The Kier molecular flexibility index (Phi) is 4.68. The first-order valence-corrected chi connectivity index (χ1v) is 8.13. The molecule has 23 heavy (non-hydrogen) atoms. The summed E-state index contributed by atoms with van der Waals surface area (Å²) in [6.45, 7) is 11.7. The lowest BCUT2D eigenvalue weighted by atomic mass is 9.84. The SMILES string of the molecule is CC(c1ccc(C(C)(C)O)cc1)c1ccc(C(C)(C)C)c(F)c1. The van der Waals surface area contributed by atoms with E-state index >= 15 is 0 Å². The third kappa shape index (κ3) is 4.00. The average Bonchev–Trinajstić information content (AvgIpc) is 2.44. The van der Waals surface area contributed by atoms with Gasteiger partial charge >= 0.3 is 0 Å². The van der Waals surface area contributed by atoms with Crippen molar-refractivity contribution in [2.24, 2.45) is 0 Å². The number of halogens is 1. The van der Waals surface area contributed by atoms with Crippen molar-refractivity contribution in [2.45, 2.75) is 58.5 Å². The quantitative estimate of drug-likeness (QED) is 0.793. The van der Waals surface area contributed by atoms with E-state index in [4.69, 9.17) is 0 Å². The van der Waals surface area contributed by atoms with Crippen LogP contribution in [0.25, 0.3) is 0 Å². The normalized spacial score (nSPS) is 13.9. The van der Waals surface area contributed by atoms with Crippen LogP contribution in [0.4, 0.5) is 4.39 Å². The van der Waals surface area contributed by atoms with E-state index in [0.29, 0.717) is 0 Å². The molecule has 0 fully saturated rings. The first kappa shape index (κ1) is 17.7. The fraction of sp³-hybridized carbons (Fsp3) is 0.429. The minimum absolute atomic E-state index is 0.106. The zero-order valence-electron chi connectivity index (χ0n) is 14.9. The molecule has 0 heterocycles. The Balaban J connectivity index is 2.30. The third-order valence-corrected chi connectivity index (χ3v) is 4.42. The minimum Gasteiger partial charge on any atom is -0.386 e. The van der Waals surface area contributed by atoms with E-state index < -0.39 is 5.60 Å². The molecule has 124 valence electrons. The predicted molar refractivity (Wildman–Crippen MR) is 94.3 cm³/mol. The zero-order chi connectivity index (χ0) is 17.4. The molecule has 0 saturated heterocycles. The van der Waals surface area contributed by atoms with Crippen LogP contribution in [0.1, 0.15) is 69.7 Å². The van der Waals surface area contributed by atoms with Gasteiger partial charge in [-0.15, -0.1) is 0 Å². The number of hydrogen-bond acceptors (Lipinski definition) is 1. The molecule has 0 aromatic heterocycles. The molecule has 0 amide bonds. The molecular formula is C21H27FO. The van der Waals surface area contributed by atoms with Gasteiger partial charge in [0.25, 0.3) is 0 Å². The number of rotatable bonds is 3. The van der Waals surface area contributed by atoms with E-state index in [2.05, 4.69) is 6.92 Å². The summed E-state index contributed by atoms with van der Waals surface area (Å²) in [6, 6.07) is 13.4. The zero-order valence-corrected chi connectivity index (χ0v) is 14.9. The molecule has 0 aliphatic rings. The van der Waals surface area contributed by atoms with E-state index in [1.165, 1.54) is 0 Å². The topological polar surface area (TPSA) is 20.2 Å². The summed E-state index contributed by atoms with van der Waals surface area (Å²) in [4.78, 5) is 0. The first-order valence-electron chi connectivity index (χ1n) is 8.13. The summed E-state index contributed by atoms with van der Waals surface area (Å²) >= 11 is 0. The summed E-state index contributed by atoms with van der Waals surface area (Å²) in [6.07, 6.45) is 0. The third-order valence-electron chi connectivity index (χ3n) is 4.42. The van der Waals surface area contributed by atoms with Crippen molar-refractivity contribution in [1.29, 1.82) is 0 Å². The maximum absolute atomic E-state index is 14.4. The summed E-state index contributed by atoms with van der Waals surface area (Å²) < 4.78 is 14.4. The monoisotopic (exact) mass is 314 g/mol. The number of hydrogen-bond donors (Lipinski definition) is 1. The van der Waals surface area contributed by atoms with Crippen molar-refractivity contribution in [3.05, 3.63) is 70.5 Å². The standard InChI is InChI=1S/C21H27FO/c1-14(15-7-10-17(11-8-15)21(5,6)23)16-9-12-18(19(22)13-16)20(2,3)4/h7-14,23H,1-6H3. The van der Waals surface area contributed by atoms with Crippen LogP contribution in [0.15, 0.2) is 42.5 Å². The Hall–Kier alpha value is -1.67. The van der Waals surface area contributed by atoms with Gasteiger partial charge < -0.3 is 5.11 Å². The Bertz CT molecular complexity index is 672. The highest BCUT2D eigenvalue weighted by molar-refractivity contribution is 5.37. The van der Waals surface area contributed by atoms with Gasteiger partial charge in [-0.05, 0) is 47.6 Å². The molecule has 0 aliphatic heterocycles. The van der Waals surface area contributed by atoms with E-state index in [1.54, 1.807) is 19.9 Å². The van der Waals surface area contributed by atoms with Crippen molar-refractivity contribution in [3.63, 3.8) is 0 Å². The van der Waals surface area contributed by atoms with Gasteiger partial charge in [-0.2, -0.15) is 0 Å². The van der Waals surface area contributed by atoms with Crippen LogP contribution in [-0.4, -0.2) is 5.11 Å². The highest BCUT2D eigenvalue weighted by Gasteiger charge is 2.20. The molecule has 2 heteroatoms. The summed E-state index contributed by atoms with van der Waals surface area (Å²) in [7, 11) is 0. The van der Waals surface area contributed by atoms with E-state index in [0.717, 1.165) is 22.3 Å². The van der Waals surface area contributed by atoms with Crippen molar-refractivity contribution >= 4 is 0 Å². The van der Waals surface area contributed by atoms with Gasteiger partial charge in [0.15, 0.2) is 0 Å². The molecule has 0 bridgehead atoms. The Morgan fingerprint density at radius 1 is 0.870 bits per heavy atom. The fourth-order valence-electron chi connectivity index (χ4n) is 2.78. The Labute approximate surface area is 139 Å². The van der Waals surface area contributed by atoms with Crippen LogP contribution < -0.4 is 0 Å². The highest BCUT2D eigenvalue weighted by atomic mass is 19.1. The maximum Gasteiger partial charge on any atom is 0.127 e. The van der Waals surface area contributed by atoms with Crippen LogP contribution in [0.5, 0.6) is 0 Å². The second kappa shape index (κ2) is 6.09. The second-order valence-electron chi connectivity index (χ2n) is 7.89. The van der Waals surface area contributed by atoms with Gasteiger partial charge in [0.2, 0.25) is 0 Å².